The molecule has 1 aliphatic carbocycles. The molecule has 1 amide bonds. The van der Waals surface area contributed by atoms with Crippen molar-refractivity contribution in [2.75, 3.05) is 24.3 Å². The molecule has 0 aliphatic heterocycles. The molecule has 9 heteroatoms. The SMILES string of the molecule is CCCc1c(C(=O)NC2CCC(Nc3nc(N(C)C)c4ccccc4n3)CC2)cnn1-c1ccc(Cl)cc1. The van der Waals surface area contributed by atoms with Crippen LogP contribution < -0.4 is 15.5 Å². The number of benzene rings is 2. The van der Waals surface area contributed by atoms with Gasteiger partial charge in [0.15, 0.2) is 0 Å². The monoisotopic (exact) mass is 531 g/mol. The van der Waals surface area contributed by atoms with E-state index in [4.69, 9.17) is 21.6 Å². The fourth-order valence-corrected chi connectivity index (χ4v) is 5.26. The van der Waals surface area contributed by atoms with Crippen LogP contribution in [0.1, 0.15) is 55.1 Å². The molecule has 1 fully saturated rings. The van der Waals surface area contributed by atoms with Crippen LogP contribution in [0.25, 0.3) is 16.6 Å². The molecule has 38 heavy (non-hydrogen) atoms. The van der Waals surface area contributed by atoms with Gasteiger partial charge >= 0.3 is 0 Å². The highest BCUT2D eigenvalue weighted by molar-refractivity contribution is 6.30. The molecule has 1 aliphatic rings. The minimum absolute atomic E-state index is 0.0569. The lowest BCUT2D eigenvalue weighted by Gasteiger charge is -2.30. The molecule has 198 valence electrons. The summed E-state index contributed by atoms with van der Waals surface area (Å²) in [5, 5.41) is 13.0. The molecule has 2 aromatic heterocycles. The van der Waals surface area contributed by atoms with E-state index in [1.54, 1.807) is 6.20 Å². The second-order valence-electron chi connectivity index (χ2n) is 10.1. The number of amides is 1. The first-order valence-corrected chi connectivity index (χ1v) is 13.6. The van der Waals surface area contributed by atoms with Gasteiger partial charge in [-0.15, -0.1) is 0 Å². The zero-order chi connectivity index (χ0) is 26.6. The first kappa shape index (κ1) is 26.0. The van der Waals surface area contributed by atoms with Gasteiger partial charge < -0.3 is 15.5 Å². The molecule has 0 saturated heterocycles. The second kappa shape index (κ2) is 11.4. The van der Waals surface area contributed by atoms with E-state index in [9.17, 15) is 4.79 Å². The van der Waals surface area contributed by atoms with Crippen molar-refractivity contribution < 1.29 is 4.79 Å². The summed E-state index contributed by atoms with van der Waals surface area (Å²) in [4.78, 5) is 24.8. The topological polar surface area (TPSA) is 88.0 Å². The fraction of sp³-hybridized carbons (Fsp3) is 0.379. The molecule has 1 saturated carbocycles. The number of hydrogen-bond donors (Lipinski definition) is 2. The van der Waals surface area contributed by atoms with Gasteiger partial charge in [-0.1, -0.05) is 37.1 Å². The summed E-state index contributed by atoms with van der Waals surface area (Å²) in [5.41, 5.74) is 3.39. The lowest BCUT2D eigenvalue weighted by atomic mass is 9.91. The third-order valence-corrected chi connectivity index (χ3v) is 7.33. The number of carbonyl (C=O) groups excluding carboxylic acids is 1. The highest BCUT2D eigenvalue weighted by atomic mass is 35.5. The Morgan fingerprint density at radius 3 is 2.45 bits per heavy atom. The van der Waals surface area contributed by atoms with Crippen molar-refractivity contribution in [2.45, 2.75) is 57.5 Å². The van der Waals surface area contributed by atoms with Crippen molar-refractivity contribution >= 4 is 40.2 Å². The number of nitrogens with one attached hydrogen (secondary N) is 2. The fourth-order valence-electron chi connectivity index (χ4n) is 5.14. The third-order valence-electron chi connectivity index (χ3n) is 7.07. The molecule has 0 unspecified atom stereocenters. The maximum Gasteiger partial charge on any atom is 0.254 e. The summed E-state index contributed by atoms with van der Waals surface area (Å²) in [6, 6.07) is 16.0. The standard InChI is InChI=1S/C29H34ClN7O/c1-4-7-26-24(18-31-37(26)22-16-10-19(30)11-17-22)28(38)32-20-12-14-21(15-13-20)33-29-34-25-9-6-5-8-23(25)27(35-29)36(2)3/h5-6,8-11,16-18,20-21H,4,7,12-15H2,1-3H3,(H,32,38)(H,33,34,35). The van der Waals surface area contributed by atoms with Gasteiger partial charge in [0.25, 0.3) is 5.91 Å². The minimum atomic E-state index is -0.0569. The molecule has 5 rings (SSSR count). The molecule has 8 nitrogen and oxygen atoms in total. The maximum atomic E-state index is 13.3. The van der Waals surface area contributed by atoms with Crippen LogP contribution in [-0.4, -0.2) is 51.8 Å². The van der Waals surface area contributed by atoms with Crippen molar-refractivity contribution in [1.29, 1.82) is 0 Å². The smallest absolute Gasteiger partial charge is 0.254 e. The van der Waals surface area contributed by atoms with Gasteiger partial charge in [0, 0.05) is 36.6 Å². The predicted molar refractivity (Wildman–Crippen MR) is 154 cm³/mol. The van der Waals surface area contributed by atoms with E-state index in [0.29, 0.717) is 16.5 Å². The van der Waals surface area contributed by atoms with Gasteiger partial charge in [0.05, 0.1) is 28.7 Å². The number of halogens is 1. The van der Waals surface area contributed by atoms with Crippen LogP contribution in [0.5, 0.6) is 0 Å². The van der Waals surface area contributed by atoms with Crippen molar-refractivity contribution in [2.24, 2.45) is 0 Å². The Balaban J connectivity index is 1.23. The summed E-state index contributed by atoms with van der Waals surface area (Å²) in [7, 11) is 4.00. The lowest BCUT2D eigenvalue weighted by Crippen LogP contribution is -2.40. The number of anilines is 2. The van der Waals surface area contributed by atoms with Crippen LogP contribution in [0.4, 0.5) is 11.8 Å². The molecule has 2 aromatic carbocycles. The molecular formula is C29H34ClN7O. The van der Waals surface area contributed by atoms with E-state index in [-0.39, 0.29) is 18.0 Å². The molecule has 2 N–H and O–H groups in total. The number of nitrogens with zero attached hydrogens (tertiary/aromatic N) is 5. The summed E-state index contributed by atoms with van der Waals surface area (Å²) >= 11 is 6.06. The molecule has 0 spiro atoms. The van der Waals surface area contributed by atoms with E-state index >= 15 is 0 Å². The Bertz CT molecular complexity index is 1410. The van der Waals surface area contributed by atoms with E-state index in [2.05, 4.69) is 22.7 Å². The van der Waals surface area contributed by atoms with Gasteiger partial charge in [-0.25, -0.2) is 9.67 Å². The van der Waals surface area contributed by atoms with E-state index in [1.165, 1.54) is 0 Å². The highest BCUT2D eigenvalue weighted by Gasteiger charge is 2.26. The summed E-state index contributed by atoms with van der Waals surface area (Å²) in [5.74, 6) is 1.50. The van der Waals surface area contributed by atoms with Crippen molar-refractivity contribution in [3.8, 4) is 5.69 Å². The first-order chi connectivity index (χ1) is 18.4. The number of rotatable bonds is 8. The Hall–Kier alpha value is -3.65. The van der Waals surface area contributed by atoms with E-state index in [1.807, 2.05) is 72.2 Å². The van der Waals surface area contributed by atoms with Crippen LogP contribution in [0, 0.1) is 0 Å². The average Bonchev–Trinajstić information content (AvgIpc) is 3.33. The zero-order valence-electron chi connectivity index (χ0n) is 22.1. The Kier molecular flexibility index (Phi) is 7.79. The molecule has 0 atom stereocenters. The van der Waals surface area contributed by atoms with Gasteiger partial charge in [0.1, 0.15) is 5.82 Å². The molecule has 2 heterocycles. The lowest BCUT2D eigenvalue weighted by molar-refractivity contribution is 0.0925. The van der Waals surface area contributed by atoms with Crippen LogP contribution in [0.15, 0.2) is 54.7 Å². The average molecular weight is 532 g/mol. The van der Waals surface area contributed by atoms with Crippen molar-refractivity contribution in [3.63, 3.8) is 0 Å². The molecule has 4 aromatic rings. The Labute approximate surface area is 228 Å². The van der Waals surface area contributed by atoms with Crippen LogP contribution in [0.2, 0.25) is 5.02 Å². The van der Waals surface area contributed by atoms with E-state index < -0.39 is 0 Å². The predicted octanol–water partition coefficient (Wildman–Crippen LogP) is 5.64. The van der Waals surface area contributed by atoms with Crippen molar-refractivity contribution in [1.82, 2.24) is 25.1 Å². The van der Waals surface area contributed by atoms with Crippen LogP contribution >= 0.6 is 11.6 Å². The normalized spacial score (nSPS) is 17.4. The van der Waals surface area contributed by atoms with E-state index in [0.717, 1.165) is 66.6 Å². The number of aromatic nitrogens is 4. The van der Waals surface area contributed by atoms with Gasteiger partial charge in [-0.3, -0.25) is 4.79 Å². The highest BCUT2D eigenvalue weighted by Crippen LogP contribution is 2.27. The molecule has 0 radical (unpaired) electrons. The zero-order valence-corrected chi connectivity index (χ0v) is 22.9. The van der Waals surface area contributed by atoms with Gasteiger partial charge in [-0.2, -0.15) is 10.1 Å². The number of hydrogen-bond acceptors (Lipinski definition) is 6. The van der Waals surface area contributed by atoms with Crippen LogP contribution in [0.3, 0.4) is 0 Å². The van der Waals surface area contributed by atoms with Crippen molar-refractivity contribution in [3.05, 3.63) is 71.0 Å². The van der Waals surface area contributed by atoms with Gasteiger partial charge in [0.2, 0.25) is 5.95 Å². The quantitative estimate of drug-likeness (QED) is 0.306. The molecule has 0 bridgehead atoms. The number of para-hydroxylation sites is 1. The molecular weight excluding hydrogens is 498 g/mol. The van der Waals surface area contributed by atoms with Crippen LogP contribution in [-0.2, 0) is 6.42 Å². The summed E-state index contributed by atoms with van der Waals surface area (Å²) in [6.07, 6.45) is 7.03. The second-order valence-corrected chi connectivity index (χ2v) is 10.5. The third kappa shape index (κ3) is 5.60. The summed E-state index contributed by atoms with van der Waals surface area (Å²) in [6.45, 7) is 2.11. The minimum Gasteiger partial charge on any atom is -0.362 e. The largest absolute Gasteiger partial charge is 0.362 e. The number of fused-ring (bicyclic) bond motifs is 1. The maximum absolute atomic E-state index is 13.3. The van der Waals surface area contributed by atoms with Gasteiger partial charge in [-0.05, 0) is 68.5 Å². The Morgan fingerprint density at radius 2 is 1.74 bits per heavy atom. The Morgan fingerprint density at radius 1 is 1.03 bits per heavy atom. The summed E-state index contributed by atoms with van der Waals surface area (Å²) < 4.78 is 1.85. The number of carbonyl (C=O) groups is 1. The first-order valence-electron chi connectivity index (χ1n) is 13.3.